The van der Waals surface area contributed by atoms with Crippen molar-refractivity contribution in [3.63, 3.8) is 0 Å². The van der Waals surface area contributed by atoms with E-state index in [-0.39, 0.29) is 12.9 Å². The van der Waals surface area contributed by atoms with E-state index in [4.69, 9.17) is 25.8 Å². The van der Waals surface area contributed by atoms with E-state index in [1.165, 1.54) is 0 Å². The second-order valence-electron chi connectivity index (χ2n) is 7.04. The van der Waals surface area contributed by atoms with Crippen LogP contribution in [0.4, 0.5) is 4.79 Å². The van der Waals surface area contributed by atoms with Gasteiger partial charge in [-0.25, -0.2) is 4.79 Å². The predicted molar refractivity (Wildman–Crippen MR) is 111 cm³/mol. The third-order valence-electron chi connectivity index (χ3n) is 4.79. The zero-order chi connectivity index (χ0) is 21.3. The maximum atomic E-state index is 12.0. The van der Waals surface area contributed by atoms with Gasteiger partial charge in [-0.3, -0.25) is 0 Å². The highest BCUT2D eigenvalue weighted by molar-refractivity contribution is 6.32. The molecule has 0 radical (unpaired) electrons. The Bertz CT molecular complexity index is 813. The maximum absolute atomic E-state index is 12.0. The Morgan fingerprint density at radius 1 is 1.23 bits per heavy atom. The van der Waals surface area contributed by atoms with Crippen LogP contribution < -0.4 is 10.1 Å². The molecule has 1 saturated heterocycles. The monoisotopic (exact) mass is 435 g/mol. The van der Waals surface area contributed by atoms with E-state index in [1.807, 2.05) is 30.3 Å². The molecule has 2 unspecified atom stereocenters. The van der Waals surface area contributed by atoms with Crippen LogP contribution in [-0.4, -0.2) is 41.9 Å². The zero-order valence-corrected chi connectivity index (χ0v) is 17.3. The normalized spacial score (nSPS) is 18.3. The average molecular weight is 436 g/mol. The molecule has 3 atom stereocenters. The van der Waals surface area contributed by atoms with Crippen LogP contribution >= 0.6 is 11.6 Å². The molecule has 1 aliphatic rings. The van der Waals surface area contributed by atoms with E-state index in [0.29, 0.717) is 22.9 Å². The van der Waals surface area contributed by atoms with Gasteiger partial charge < -0.3 is 29.7 Å². The van der Waals surface area contributed by atoms with Crippen LogP contribution in [0.1, 0.15) is 36.5 Å². The number of ether oxygens (including phenoxy) is 3. The maximum Gasteiger partial charge on any atom is 0.407 e. The molecular formula is C22H26ClNO6. The minimum Gasteiger partial charge on any atom is -0.463 e. The van der Waals surface area contributed by atoms with E-state index in [1.54, 1.807) is 18.2 Å². The summed E-state index contributed by atoms with van der Waals surface area (Å²) >= 11 is 6.30. The fourth-order valence-corrected chi connectivity index (χ4v) is 3.35. The van der Waals surface area contributed by atoms with Crippen LogP contribution in [0.15, 0.2) is 48.5 Å². The smallest absolute Gasteiger partial charge is 0.407 e. The first-order valence-electron chi connectivity index (χ1n) is 9.90. The number of hydrogen-bond donors (Lipinski definition) is 3. The van der Waals surface area contributed by atoms with Gasteiger partial charge in [0.05, 0.1) is 24.3 Å². The van der Waals surface area contributed by atoms with Gasteiger partial charge in [0.25, 0.3) is 0 Å². The molecule has 0 aliphatic carbocycles. The Morgan fingerprint density at radius 3 is 2.70 bits per heavy atom. The van der Waals surface area contributed by atoms with Gasteiger partial charge >= 0.3 is 6.09 Å². The lowest BCUT2D eigenvalue weighted by atomic mass is 10.0. The molecule has 0 bridgehead atoms. The van der Waals surface area contributed by atoms with Gasteiger partial charge in [-0.15, -0.1) is 0 Å². The highest BCUT2D eigenvalue weighted by Gasteiger charge is 2.24. The summed E-state index contributed by atoms with van der Waals surface area (Å²) in [6, 6.07) is 13.1. The number of halogens is 1. The molecule has 0 saturated carbocycles. The van der Waals surface area contributed by atoms with Gasteiger partial charge in [0.2, 0.25) is 0 Å². The largest absolute Gasteiger partial charge is 0.463 e. The van der Waals surface area contributed by atoms with Gasteiger partial charge in [0.1, 0.15) is 18.5 Å². The van der Waals surface area contributed by atoms with Gasteiger partial charge in [0.15, 0.2) is 6.29 Å². The lowest BCUT2D eigenvalue weighted by molar-refractivity contribution is -0.105. The number of aliphatic hydroxyl groups excluding tert-OH is 2. The molecule has 1 heterocycles. The van der Waals surface area contributed by atoms with Crippen molar-refractivity contribution in [2.75, 3.05) is 13.2 Å². The van der Waals surface area contributed by atoms with Crippen molar-refractivity contribution in [2.24, 2.45) is 0 Å². The van der Waals surface area contributed by atoms with Crippen molar-refractivity contribution in [2.45, 2.75) is 44.3 Å². The van der Waals surface area contributed by atoms with Crippen LogP contribution in [-0.2, 0) is 16.1 Å². The Balaban J connectivity index is 1.56. The van der Waals surface area contributed by atoms with Crippen LogP contribution in [0, 0.1) is 0 Å². The predicted octanol–water partition coefficient (Wildman–Crippen LogP) is 3.57. The van der Waals surface area contributed by atoms with Gasteiger partial charge in [-0.05, 0) is 36.1 Å². The average Bonchev–Trinajstić information content (AvgIpc) is 2.78. The molecule has 30 heavy (non-hydrogen) atoms. The Hall–Kier alpha value is -2.32. The number of aliphatic hydroxyl groups is 2. The minimum absolute atomic E-state index is 0.0853. The van der Waals surface area contributed by atoms with E-state index in [9.17, 15) is 15.0 Å². The van der Waals surface area contributed by atoms with E-state index in [0.717, 1.165) is 24.8 Å². The number of benzene rings is 2. The molecule has 2 aromatic rings. The number of rotatable bonds is 8. The number of carbonyl (C=O) groups is 1. The van der Waals surface area contributed by atoms with Crippen LogP contribution in [0.5, 0.6) is 5.75 Å². The highest BCUT2D eigenvalue weighted by Crippen LogP contribution is 2.31. The molecule has 0 aromatic heterocycles. The number of nitrogens with one attached hydrogen (secondary N) is 1. The van der Waals surface area contributed by atoms with Gasteiger partial charge in [0, 0.05) is 6.42 Å². The summed E-state index contributed by atoms with van der Waals surface area (Å²) in [4.78, 5) is 12.0. The molecule has 0 spiro atoms. The third-order valence-corrected chi connectivity index (χ3v) is 5.08. The van der Waals surface area contributed by atoms with Gasteiger partial charge in [-0.2, -0.15) is 0 Å². The molecule has 162 valence electrons. The van der Waals surface area contributed by atoms with E-state index >= 15 is 0 Å². The summed E-state index contributed by atoms with van der Waals surface area (Å²) in [5.74, 6) is 0.454. The molecule has 7 nitrogen and oxygen atoms in total. The lowest BCUT2D eigenvalue weighted by Gasteiger charge is -2.25. The Kier molecular flexibility index (Phi) is 8.33. The molecule has 3 N–H and O–H groups in total. The summed E-state index contributed by atoms with van der Waals surface area (Å²) in [5.41, 5.74) is 1.26. The summed E-state index contributed by atoms with van der Waals surface area (Å²) in [6.45, 7) is 0.263. The molecule has 1 fully saturated rings. The van der Waals surface area contributed by atoms with Gasteiger partial charge in [-0.1, -0.05) is 48.0 Å². The number of alkyl carbamates (subject to hydrolysis) is 1. The van der Waals surface area contributed by atoms with Crippen LogP contribution in [0.2, 0.25) is 5.02 Å². The minimum atomic E-state index is -1.18. The van der Waals surface area contributed by atoms with Crippen molar-refractivity contribution < 1.29 is 29.2 Å². The molecule has 8 heteroatoms. The molecule has 1 aliphatic heterocycles. The third kappa shape index (κ3) is 6.34. The van der Waals surface area contributed by atoms with E-state index in [2.05, 4.69) is 5.32 Å². The first-order valence-corrected chi connectivity index (χ1v) is 10.3. The molecule has 3 rings (SSSR count). The SMILES string of the molecule is O=C(N[C@H](CO)C(O)c1ccc(OC2CCCCO2)c(Cl)c1)OCc1ccccc1. The van der Waals surface area contributed by atoms with Crippen molar-refractivity contribution in [3.05, 3.63) is 64.7 Å². The quantitative estimate of drug-likeness (QED) is 0.586. The van der Waals surface area contributed by atoms with Crippen LogP contribution in [0.25, 0.3) is 0 Å². The first kappa shape index (κ1) is 22.4. The van der Waals surface area contributed by atoms with Crippen LogP contribution in [0.3, 0.4) is 0 Å². The topological polar surface area (TPSA) is 97.3 Å². The molecular weight excluding hydrogens is 410 g/mol. The summed E-state index contributed by atoms with van der Waals surface area (Å²) in [7, 11) is 0. The van der Waals surface area contributed by atoms with E-state index < -0.39 is 24.8 Å². The first-order chi connectivity index (χ1) is 14.6. The lowest BCUT2D eigenvalue weighted by Crippen LogP contribution is -2.42. The fourth-order valence-electron chi connectivity index (χ4n) is 3.12. The Morgan fingerprint density at radius 2 is 2.03 bits per heavy atom. The fraction of sp³-hybridized carbons (Fsp3) is 0.409. The second kappa shape index (κ2) is 11.2. The number of hydrogen-bond acceptors (Lipinski definition) is 6. The summed E-state index contributed by atoms with van der Waals surface area (Å²) in [5, 5.41) is 23.0. The number of amides is 1. The molecule has 2 aromatic carbocycles. The zero-order valence-electron chi connectivity index (χ0n) is 16.5. The second-order valence-corrected chi connectivity index (χ2v) is 7.45. The summed E-state index contributed by atoms with van der Waals surface area (Å²) in [6.07, 6.45) is 0.584. The van der Waals surface area contributed by atoms with Crippen molar-refractivity contribution in [3.8, 4) is 5.75 Å². The van der Waals surface area contributed by atoms with Crippen molar-refractivity contribution in [1.29, 1.82) is 0 Å². The molecule has 1 amide bonds. The highest BCUT2D eigenvalue weighted by atomic mass is 35.5. The Labute approximate surface area is 180 Å². The van der Waals surface area contributed by atoms with Crippen molar-refractivity contribution in [1.82, 2.24) is 5.32 Å². The number of carbonyl (C=O) groups excluding carboxylic acids is 1. The summed E-state index contributed by atoms with van der Waals surface area (Å²) < 4.78 is 16.5. The standard InChI is InChI=1S/C22H26ClNO6/c23-17-12-16(9-10-19(17)30-20-8-4-5-11-28-20)21(26)18(13-25)24-22(27)29-14-15-6-2-1-3-7-15/h1-3,6-7,9-10,12,18,20-21,25-26H,4-5,8,11,13-14H2,(H,24,27)/t18-,20?,21?/m1/s1. The van der Waals surface area contributed by atoms with Crippen molar-refractivity contribution >= 4 is 17.7 Å².